The normalized spacial score (nSPS) is 10.8. The van der Waals surface area contributed by atoms with Gasteiger partial charge in [-0.2, -0.15) is 0 Å². The van der Waals surface area contributed by atoms with Crippen LogP contribution in [0.4, 0.5) is 5.13 Å². The lowest BCUT2D eigenvalue weighted by molar-refractivity contribution is 0.342. The van der Waals surface area contributed by atoms with Gasteiger partial charge >= 0.3 is 0 Å². The van der Waals surface area contributed by atoms with Crippen LogP contribution in [0.2, 0.25) is 0 Å². The number of hydrogen-bond acceptors (Lipinski definition) is 4. The molecule has 1 N–H and O–H groups in total. The van der Waals surface area contributed by atoms with Gasteiger partial charge in [-0.05, 0) is 20.5 Å². The first kappa shape index (κ1) is 10.5. The lowest BCUT2D eigenvalue weighted by Gasteiger charge is -2.10. The van der Waals surface area contributed by atoms with Gasteiger partial charge in [0.15, 0.2) is 5.13 Å². The third-order valence-electron chi connectivity index (χ3n) is 1.85. The molecule has 0 aliphatic heterocycles. The summed E-state index contributed by atoms with van der Waals surface area (Å²) in [5.74, 6) is 0. The van der Waals surface area contributed by atoms with E-state index in [0.717, 1.165) is 30.5 Å². The maximum absolute atomic E-state index is 4.45. The summed E-state index contributed by atoms with van der Waals surface area (Å²) in [6.07, 6.45) is 0. The Labute approximate surface area is 83.8 Å². The highest BCUT2D eigenvalue weighted by Crippen LogP contribution is 2.15. The molecule has 0 unspecified atom stereocenters. The third-order valence-corrected chi connectivity index (χ3v) is 2.70. The Bertz CT molecular complexity index is 247. The molecule has 0 aromatic carbocycles. The molecule has 0 spiro atoms. The second kappa shape index (κ2) is 5.19. The molecule has 0 saturated carbocycles. The largest absolute Gasteiger partial charge is 0.362 e. The molecule has 0 fully saturated rings. The fourth-order valence-corrected chi connectivity index (χ4v) is 1.77. The highest BCUT2D eigenvalue weighted by Gasteiger charge is 2.02. The van der Waals surface area contributed by atoms with Gasteiger partial charge in [0.25, 0.3) is 0 Å². The van der Waals surface area contributed by atoms with Gasteiger partial charge in [-0.3, -0.25) is 0 Å². The minimum Gasteiger partial charge on any atom is -0.362 e. The molecule has 0 atom stereocenters. The number of nitrogens with zero attached hydrogens (tertiary/aromatic N) is 2. The van der Waals surface area contributed by atoms with Gasteiger partial charge in [0.05, 0.1) is 5.69 Å². The SMILES string of the molecule is CCNc1nc(CN(C)CC)cs1. The molecule has 1 heterocycles. The van der Waals surface area contributed by atoms with E-state index >= 15 is 0 Å². The second-order valence-corrected chi connectivity index (χ2v) is 3.86. The highest BCUT2D eigenvalue weighted by atomic mass is 32.1. The van der Waals surface area contributed by atoms with E-state index in [1.165, 1.54) is 0 Å². The number of nitrogens with one attached hydrogen (secondary N) is 1. The maximum Gasteiger partial charge on any atom is 0.182 e. The number of thiazole rings is 1. The van der Waals surface area contributed by atoms with E-state index in [-0.39, 0.29) is 0 Å². The molecule has 13 heavy (non-hydrogen) atoms. The molecule has 1 aromatic heterocycles. The average molecular weight is 199 g/mol. The fraction of sp³-hybridized carbons (Fsp3) is 0.667. The number of anilines is 1. The summed E-state index contributed by atoms with van der Waals surface area (Å²) in [5, 5.41) is 6.35. The minimum atomic E-state index is 0.941. The van der Waals surface area contributed by atoms with Crippen molar-refractivity contribution in [2.45, 2.75) is 20.4 Å². The molecule has 0 bridgehead atoms. The monoisotopic (exact) mass is 199 g/mol. The van der Waals surface area contributed by atoms with Crippen LogP contribution in [0.5, 0.6) is 0 Å². The van der Waals surface area contributed by atoms with E-state index < -0.39 is 0 Å². The van der Waals surface area contributed by atoms with Gasteiger partial charge in [0.2, 0.25) is 0 Å². The van der Waals surface area contributed by atoms with Gasteiger partial charge in [-0.15, -0.1) is 11.3 Å². The zero-order chi connectivity index (χ0) is 9.68. The van der Waals surface area contributed by atoms with E-state index in [9.17, 15) is 0 Å². The molecule has 0 aliphatic carbocycles. The Kier molecular flexibility index (Phi) is 4.18. The second-order valence-electron chi connectivity index (χ2n) is 3.00. The Hall–Kier alpha value is -0.610. The van der Waals surface area contributed by atoms with Crippen molar-refractivity contribution in [3.63, 3.8) is 0 Å². The first-order valence-corrected chi connectivity index (χ1v) is 5.51. The van der Waals surface area contributed by atoms with Crippen LogP contribution in [0, 0.1) is 0 Å². The van der Waals surface area contributed by atoms with Crippen molar-refractivity contribution in [3.05, 3.63) is 11.1 Å². The van der Waals surface area contributed by atoms with Gasteiger partial charge < -0.3 is 10.2 Å². The summed E-state index contributed by atoms with van der Waals surface area (Å²) in [7, 11) is 2.10. The van der Waals surface area contributed by atoms with Crippen molar-refractivity contribution < 1.29 is 0 Å². The van der Waals surface area contributed by atoms with Crippen molar-refractivity contribution in [2.75, 3.05) is 25.5 Å². The van der Waals surface area contributed by atoms with Crippen LogP contribution in [-0.4, -0.2) is 30.0 Å². The van der Waals surface area contributed by atoms with Crippen molar-refractivity contribution in [1.82, 2.24) is 9.88 Å². The zero-order valence-corrected chi connectivity index (χ0v) is 9.32. The topological polar surface area (TPSA) is 28.2 Å². The van der Waals surface area contributed by atoms with E-state index in [1.54, 1.807) is 11.3 Å². The fourth-order valence-electron chi connectivity index (χ4n) is 1.00. The summed E-state index contributed by atoms with van der Waals surface area (Å²) in [6.45, 7) is 7.18. The molecular formula is C9H17N3S. The standard InChI is InChI=1S/C9H17N3S/c1-4-10-9-11-8(7-13-9)6-12(3)5-2/h7H,4-6H2,1-3H3,(H,10,11). The summed E-state index contributed by atoms with van der Waals surface area (Å²) in [4.78, 5) is 6.69. The third kappa shape index (κ3) is 3.32. The number of aromatic nitrogens is 1. The molecule has 4 heteroatoms. The van der Waals surface area contributed by atoms with Crippen molar-refractivity contribution >= 4 is 16.5 Å². The molecule has 1 rings (SSSR count). The Morgan fingerprint density at radius 1 is 1.54 bits per heavy atom. The quantitative estimate of drug-likeness (QED) is 0.786. The maximum atomic E-state index is 4.45. The van der Waals surface area contributed by atoms with E-state index in [4.69, 9.17) is 0 Å². The summed E-state index contributed by atoms with van der Waals surface area (Å²) in [5.41, 5.74) is 1.16. The van der Waals surface area contributed by atoms with E-state index in [1.807, 2.05) is 0 Å². The predicted octanol–water partition coefficient (Wildman–Crippen LogP) is 2.03. The Morgan fingerprint density at radius 3 is 2.92 bits per heavy atom. The van der Waals surface area contributed by atoms with E-state index in [2.05, 4.69) is 41.5 Å². The van der Waals surface area contributed by atoms with Crippen molar-refractivity contribution in [1.29, 1.82) is 0 Å². The Balaban J connectivity index is 2.48. The van der Waals surface area contributed by atoms with Crippen LogP contribution >= 0.6 is 11.3 Å². The smallest absolute Gasteiger partial charge is 0.182 e. The molecule has 3 nitrogen and oxygen atoms in total. The van der Waals surface area contributed by atoms with Crippen LogP contribution in [-0.2, 0) is 6.54 Å². The summed E-state index contributed by atoms with van der Waals surface area (Å²) >= 11 is 1.68. The van der Waals surface area contributed by atoms with Crippen LogP contribution in [0.3, 0.4) is 0 Å². The van der Waals surface area contributed by atoms with Gasteiger partial charge in [0.1, 0.15) is 0 Å². The van der Waals surface area contributed by atoms with Crippen LogP contribution < -0.4 is 5.32 Å². The molecule has 74 valence electrons. The van der Waals surface area contributed by atoms with Gasteiger partial charge in [0, 0.05) is 18.5 Å². The van der Waals surface area contributed by atoms with Crippen LogP contribution in [0.25, 0.3) is 0 Å². The summed E-state index contributed by atoms with van der Waals surface area (Å²) < 4.78 is 0. The summed E-state index contributed by atoms with van der Waals surface area (Å²) in [6, 6.07) is 0. The average Bonchev–Trinajstić information content (AvgIpc) is 2.53. The van der Waals surface area contributed by atoms with Gasteiger partial charge in [-0.25, -0.2) is 4.98 Å². The predicted molar refractivity (Wildman–Crippen MR) is 58.3 cm³/mol. The van der Waals surface area contributed by atoms with Gasteiger partial charge in [-0.1, -0.05) is 6.92 Å². The molecule has 1 aromatic rings. The minimum absolute atomic E-state index is 0.941. The lowest BCUT2D eigenvalue weighted by Crippen LogP contribution is -2.16. The lowest BCUT2D eigenvalue weighted by atomic mass is 10.4. The molecule has 0 radical (unpaired) electrons. The van der Waals surface area contributed by atoms with Crippen molar-refractivity contribution in [2.24, 2.45) is 0 Å². The van der Waals surface area contributed by atoms with Crippen LogP contribution in [0.15, 0.2) is 5.38 Å². The zero-order valence-electron chi connectivity index (χ0n) is 8.50. The van der Waals surface area contributed by atoms with E-state index in [0.29, 0.717) is 0 Å². The molecule has 0 amide bonds. The highest BCUT2D eigenvalue weighted by molar-refractivity contribution is 7.13. The van der Waals surface area contributed by atoms with Crippen LogP contribution in [0.1, 0.15) is 19.5 Å². The molecular weight excluding hydrogens is 182 g/mol. The number of rotatable bonds is 5. The number of hydrogen-bond donors (Lipinski definition) is 1. The first-order chi connectivity index (χ1) is 6.26. The first-order valence-electron chi connectivity index (χ1n) is 4.63. The Morgan fingerprint density at radius 2 is 2.31 bits per heavy atom. The molecule has 0 saturated heterocycles. The molecule has 0 aliphatic rings. The van der Waals surface area contributed by atoms with Crippen molar-refractivity contribution in [3.8, 4) is 0 Å².